The Morgan fingerprint density at radius 2 is 1.68 bits per heavy atom. The van der Waals surface area contributed by atoms with E-state index >= 15 is 0 Å². The van der Waals surface area contributed by atoms with E-state index in [-0.39, 0.29) is 22.0 Å². The Kier molecular flexibility index (Phi) is 5.74. The van der Waals surface area contributed by atoms with Gasteiger partial charge in [0.2, 0.25) is 5.78 Å². The first-order valence-electron chi connectivity index (χ1n) is 7.85. The molecule has 0 aliphatic heterocycles. The van der Waals surface area contributed by atoms with Crippen molar-refractivity contribution in [2.45, 2.75) is 25.7 Å². The average molecular weight is 360 g/mol. The van der Waals surface area contributed by atoms with Crippen LogP contribution in [0.15, 0.2) is 47.4 Å². The van der Waals surface area contributed by atoms with E-state index in [4.69, 9.17) is 4.74 Å². The van der Waals surface area contributed by atoms with E-state index in [0.717, 1.165) is 11.1 Å². The molecule has 0 saturated carbocycles. The molecule has 2 aromatic carbocycles. The summed E-state index contributed by atoms with van der Waals surface area (Å²) in [6, 6.07) is 11.2. The van der Waals surface area contributed by atoms with E-state index in [2.05, 4.69) is 0 Å². The lowest BCUT2D eigenvalue weighted by Crippen LogP contribution is -2.18. The van der Waals surface area contributed by atoms with Gasteiger partial charge >= 0.3 is 5.97 Å². The maximum absolute atomic E-state index is 12.3. The fourth-order valence-corrected chi connectivity index (χ4v) is 3.56. The predicted octanol–water partition coefficient (Wildman–Crippen LogP) is 3.14. The highest BCUT2D eigenvalue weighted by Crippen LogP contribution is 2.18. The summed E-state index contributed by atoms with van der Waals surface area (Å²) in [4.78, 5) is 24.4. The van der Waals surface area contributed by atoms with Gasteiger partial charge in [-0.15, -0.1) is 0 Å². The molecule has 0 amide bonds. The molecule has 0 fully saturated rings. The van der Waals surface area contributed by atoms with Crippen LogP contribution >= 0.6 is 0 Å². The number of sulfone groups is 1. The van der Waals surface area contributed by atoms with Crippen LogP contribution in [-0.4, -0.2) is 32.5 Å². The normalized spacial score (nSPS) is 11.2. The average Bonchev–Trinajstić information content (AvgIpc) is 2.59. The molecule has 0 aliphatic rings. The number of benzene rings is 2. The third kappa shape index (κ3) is 4.33. The molecule has 0 heterocycles. The Morgan fingerprint density at radius 3 is 2.32 bits per heavy atom. The summed E-state index contributed by atoms with van der Waals surface area (Å²) in [6.45, 7) is 4.79. The monoisotopic (exact) mass is 360 g/mol. The highest BCUT2D eigenvalue weighted by molar-refractivity contribution is 7.91. The number of hydrogen-bond donors (Lipinski definition) is 0. The summed E-state index contributed by atoms with van der Waals surface area (Å²) in [5, 5.41) is 0. The molecule has 0 aliphatic carbocycles. The topological polar surface area (TPSA) is 77.5 Å². The first-order valence-corrected chi connectivity index (χ1v) is 9.51. The van der Waals surface area contributed by atoms with Crippen LogP contribution in [-0.2, 0) is 14.6 Å². The number of Topliss-reactive ketones (excluding diaryl/α,β-unsaturated/α-hetero) is 1. The second-order valence-electron chi connectivity index (χ2n) is 5.72. The molecule has 0 aromatic heterocycles. The Morgan fingerprint density at radius 1 is 1.00 bits per heavy atom. The maximum Gasteiger partial charge on any atom is 0.339 e. The van der Waals surface area contributed by atoms with Crippen molar-refractivity contribution in [2.75, 3.05) is 12.4 Å². The minimum absolute atomic E-state index is 0.0576. The van der Waals surface area contributed by atoms with Gasteiger partial charge in [-0.05, 0) is 31.5 Å². The molecule has 0 spiro atoms. The van der Waals surface area contributed by atoms with Crippen LogP contribution in [0.4, 0.5) is 0 Å². The molecule has 0 bridgehead atoms. The van der Waals surface area contributed by atoms with Gasteiger partial charge < -0.3 is 4.74 Å². The lowest BCUT2D eigenvalue weighted by Gasteiger charge is -2.10. The quantitative estimate of drug-likeness (QED) is 0.584. The Bertz CT molecular complexity index is 913. The fraction of sp³-hybridized carbons (Fsp3) is 0.263. The van der Waals surface area contributed by atoms with Crippen LogP contribution in [0.1, 0.15) is 38.8 Å². The number of esters is 1. The van der Waals surface area contributed by atoms with Gasteiger partial charge in [-0.25, -0.2) is 13.2 Å². The molecule has 2 rings (SSSR count). The minimum Gasteiger partial charge on any atom is -0.454 e. The largest absolute Gasteiger partial charge is 0.454 e. The zero-order valence-electron chi connectivity index (χ0n) is 14.4. The van der Waals surface area contributed by atoms with Crippen molar-refractivity contribution < 1.29 is 22.7 Å². The number of ether oxygens (including phenoxy) is 1. The Balaban J connectivity index is 2.17. The van der Waals surface area contributed by atoms with Crippen LogP contribution in [0.2, 0.25) is 0 Å². The van der Waals surface area contributed by atoms with Crippen LogP contribution in [0.25, 0.3) is 0 Å². The molecular weight excluding hydrogens is 340 g/mol. The van der Waals surface area contributed by atoms with Crippen molar-refractivity contribution in [1.29, 1.82) is 0 Å². The molecular formula is C19H20O5S. The molecule has 0 unspecified atom stereocenters. The van der Waals surface area contributed by atoms with Crippen molar-refractivity contribution in [3.8, 4) is 0 Å². The number of carbonyl (C=O) groups is 2. The van der Waals surface area contributed by atoms with Gasteiger partial charge in [0.25, 0.3) is 0 Å². The van der Waals surface area contributed by atoms with Crippen molar-refractivity contribution in [3.05, 3.63) is 64.7 Å². The zero-order valence-corrected chi connectivity index (χ0v) is 15.2. The van der Waals surface area contributed by atoms with Crippen LogP contribution in [0, 0.1) is 13.8 Å². The van der Waals surface area contributed by atoms with Gasteiger partial charge in [0.05, 0.1) is 16.2 Å². The fourth-order valence-electron chi connectivity index (χ4n) is 2.48. The van der Waals surface area contributed by atoms with Gasteiger partial charge in [0.15, 0.2) is 16.4 Å². The van der Waals surface area contributed by atoms with Crippen LogP contribution in [0.3, 0.4) is 0 Å². The number of rotatable bonds is 6. The van der Waals surface area contributed by atoms with Crippen molar-refractivity contribution >= 4 is 21.6 Å². The molecule has 25 heavy (non-hydrogen) atoms. The molecule has 0 saturated heterocycles. The van der Waals surface area contributed by atoms with Crippen molar-refractivity contribution in [3.63, 3.8) is 0 Å². The summed E-state index contributed by atoms with van der Waals surface area (Å²) < 4.78 is 29.2. The SMILES string of the molecule is CCS(=O)(=O)c1ccccc1C(=O)OCC(=O)c1ccc(C)cc1C. The van der Waals surface area contributed by atoms with E-state index < -0.39 is 22.4 Å². The summed E-state index contributed by atoms with van der Waals surface area (Å²) in [5.74, 6) is -1.29. The number of aryl methyl sites for hydroxylation is 2. The summed E-state index contributed by atoms with van der Waals surface area (Å²) in [5.41, 5.74) is 2.25. The van der Waals surface area contributed by atoms with E-state index in [1.165, 1.54) is 19.1 Å². The third-order valence-electron chi connectivity index (χ3n) is 3.84. The molecule has 2 aromatic rings. The highest BCUT2D eigenvalue weighted by atomic mass is 32.2. The molecule has 0 atom stereocenters. The molecule has 0 N–H and O–H groups in total. The van der Waals surface area contributed by atoms with Gasteiger partial charge in [-0.3, -0.25) is 4.79 Å². The first kappa shape index (κ1) is 18.9. The lowest BCUT2D eigenvalue weighted by atomic mass is 10.0. The molecule has 6 heteroatoms. The second kappa shape index (κ2) is 7.61. The summed E-state index contributed by atoms with van der Waals surface area (Å²) >= 11 is 0. The van der Waals surface area contributed by atoms with E-state index in [1.54, 1.807) is 18.2 Å². The third-order valence-corrected chi connectivity index (χ3v) is 5.62. The molecule has 0 radical (unpaired) electrons. The molecule has 5 nitrogen and oxygen atoms in total. The Labute approximate surface area is 147 Å². The predicted molar refractivity (Wildman–Crippen MR) is 94.7 cm³/mol. The summed E-state index contributed by atoms with van der Waals surface area (Å²) in [7, 11) is -3.56. The van der Waals surface area contributed by atoms with Gasteiger partial charge in [-0.1, -0.05) is 42.8 Å². The van der Waals surface area contributed by atoms with Crippen molar-refractivity contribution in [1.82, 2.24) is 0 Å². The number of hydrogen-bond acceptors (Lipinski definition) is 5. The van der Waals surface area contributed by atoms with Crippen LogP contribution in [0.5, 0.6) is 0 Å². The second-order valence-corrected chi connectivity index (χ2v) is 7.96. The Hall–Kier alpha value is -2.47. The smallest absolute Gasteiger partial charge is 0.339 e. The zero-order chi connectivity index (χ0) is 18.6. The van der Waals surface area contributed by atoms with Crippen molar-refractivity contribution in [2.24, 2.45) is 0 Å². The maximum atomic E-state index is 12.3. The minimum atomic E-state index is -3.56. The van der Waals surface area contributed by atoms with Gasteiger partial charge in [0.1, 0.15) is 0 Å². The van der Waals surface area contributed by atoms with Gasteiger partial charge in [0, 0.05) is 5.56 Å². The first-order chi connectivity index (χ1) is 11.8. The highest BCUT2D eigenvalue weighted by Gasteiger charge is 2.22. The lowest BCUT2D eigenvalue weighted by molar-refractivity contribution is 0.0471. The number of carbonyl (C=O) groups excluding carboxylic acids is 2. The summed E-state index contributed by atoms with van der Waals surface area (Å²) in [6.07, 6.45) is 0. The van der Waals surface area contributed by atoms with Crippen LogP contribution < -0.4 is 0 Å². The van der Waals surface area contributed by atoms with E-state index in [9.17, 15) is 18.0 Å². The molecule has 132 valence electrons. The standard InChI is InChI=1S/C19H20O5S/c1-4-25(22,23)18-8-6-5-7-16(18)19(21)24-12-17(20)15-10-9-13(2)11-14(15)3/h5-11H,4,12H2,1-3H3. The van der Waals surface area contributed by atoms with E-state index in [0.29, 0.717) is 5.56 Å². The van der Waals surface area contributed by atoms with E-state index in [1.807, 2.05) is 26.0 Å². The van der Waals surface area contributed by atoms with Gasteiger partial charge in [-0.2, -0.15) is 0 Å². The number of ketones is 1.